The van der Waals surface area contributed by atoms with Gasteiger partial charge in [-0.2, -0.15) is 0 Å². The van der Waals surface area contributed by atoms with Crippen molar-refractivity contribution in [3.8, 4) is 0 Å². The maximum atomic E-state index is 12.6. The van der Waals surface area contributed by atoms with Crippen LogP contribution >= 0.6 is 0 Å². The van der Waals surface area contributed by atoms with Crippen LogP contribution in [0.5, 0.6) is 0 Å². The van der Waals surface area contributed by atoms with Gasteiger partial charge < -0.3 is 9.88 Å². The summed E-state index contributed by atoms with van der Waals surface area (Å²) < 4.78 is 29.5. The zero-order valence-electron chi connectivity index (χ0n) is 15.9. The molecule has 1 amide bonds. The summed E-state index contributed by atoms with van der Waals surface area (Å²) in [4.78, 5) is 21.2. The first kappa shape index (κ1) is 19.1. The summed E-state index contributed by atoms with van der Waals surface area (Å²) in [7, 11) is -3.73. The van der Waals surface area contributed by atoms with Crippen LogP contribution in [-0.2, 0) is 21.4 Å². The number of aromatic nitrogens is 2. The number of hydrogen-bond acceptors (Lipinski definition) is 5. The number of nitrogens with zero attached hydrogens (tertiary/aromatic N) is 3. The number of fused-ring (bicyclic) bond motifs is 1. The Labute approximate surface area is 168 Å². The Kier molecular flexibility index (Phi) is 5.06. The van der Waals surface area contributed by atoms with Crippen molar-refractivity contribution in [2.24, 2.45) is 4.99 Å². The van der Waals surface area contributed by atoms with E-state index in [1.807, 2.05) is 35.8 Å². The van der Waals surface area contributed by atoms with Crippen LogP contribution in [0.2, 0.25) is 0 Å². The van der Waals surface area contributed by atoms with Gasteiger partial charge in [-0.3, -0.25) is 14.5 Å². The predicted molar refractivity (Wildman–Crippen MR) is 111 cm³/mol. The number of para-hydroxylation sites is 2. The fourth-order valence-corrected chi connectivity index (χ4v) is 4.45. The highest BCUT2D eigenvalue weighted by Crippen LogP contribution is 2.18. The van der Waals surface area contributed by atoms with Crippen molar-refractivity contribution in [1.82, 2.24) is 14.3 Å². The van der Waals surface area contributed by atoms with E-state index in [0.29, 0.717) is 24.5 Å². The molecule has 8 nitrogen and oxygen atoms in total. The average molecular weight is 411 g/mol. The molecule has 4 rings (SSSR count). The van der Waals surface area contributed by atoms with E-state index in [4.69, 9.17) is 0 Å². The number of imidazole rings is 1. The van der Waals surface area contributed by atoms with Gasteiger partial charge in [0.1, 0.15) is 18.2 Å². The molecule has 3 aromatic rings. The lowest BCUT2D eigenvalue weighted by Gasteiger charge is -2.11. The number of nitrogens with one attached hydrogen (secondary N) is 2. The van der Waals surface area contributed by atoms with Crippen LogP contribution in [0, 0.1) is 6.92 Å². The summed E-state index contributed by atoms with van der Waals surface area (Å²) in [5.74, 6) is 0.944. The predicted octanol–water partition coefficient (Wildman–Crippen LogP) is 2.45. The van der Waals surface area contributed by atoms with Crippen LogP contribution in [0.1, 0.15) is 18.7 Å². The summed E-state index contributed by atoms with van der Waals surface area (Å²) in [5, 5.41) is 2.77. The molecule has 0 fully saturated rings. The van der Waals surface area contributed by atoms with Gasteiger partial charge in [-0.25, -0.2) is 13.4 Å². The van der Waals surface area contributed by atoms with Crippen molar-refractivity contribution in [2.45, 2.75) is 31.2 Å². The van der Waals surface area contributed by atoms with E-state index in [9.17, 15) is 13.2 Å². The zero-order valence-corrected chi connectivity index (χ0v) is 16.7. The molecule has 0 unspecified atom stereocenters. The second-order valence-electron chi connectivity index (χ2n) is 6.85. The Bertz CT molecular complexity index is 1210. The van der Waals surface area contributed by atoms with Crippen LogP contribution in [-0.4, -0.2) is 36.3 Å². The van der Waals surface area contributed by atoms with E-state index in [-0.39, 0.29) is 17.3 Å². The molecule has 2 aromatic carbocycles. The van der Waals surface area contributed by atoms with Crippen molar-refractivity contribution in [3.63, 3.8) is 0 Å². The van der Waals surface area contributed by atoms with E-state index in [2.05, 4.69) is 20.0 Å². The molecule has 0 bridgehead atoms. The monoisotopic (exact) mass is 411 g/mol. The number of sulfonamides is 1. The van der Waals surface area contributed by atoms with Crippen molar-refractivity contribution in [3.05, 3.63) is 54.4 Å². The number of anilines is 1. The topological polar surface area (TPSA) is 105 Å². The molecule has 0 aliphatic carbocycles. The smallest absolute Gasteiger partial charge is 0.262 e. The molecule has 1 aromatic heterocycles. The highest BCUT2D eigenvalue weighted by molar-refractivity contribution is 7.90. The molecule has 2 heterocycles. The third-order valence-corrected chi connectivity index (χ3v) is 6.08. The molecule has 0 saturated carbocycles. The largest absolute Gasteiger partial charge is 0.324 e. The van der Waals surface area contributed by atoms with Gasteiger partial charge in [-0.1, -0.05) is 18.2 Å². The minimum atomic E-state index is -3.73. The fraction of sp³-hybridized carbons (Fsp3) is 0.250. The second kappa shape index (κ2) is 7.67. The lowest BCUT2D eigenvalue weighted by Crippen LogP contribution is -2.29. The Balaban J connectivity index is 1.50. The summed E-state index contributed by atoms with van der Waals surface area (Å²) >= 11 is 0. The Hall–Kier alpha value is -3.20. The van der Waals surface area contributed by atoms with Gasteiger partial charge in [-0.15, -0.1) is 0 Å². The fourth-order valence-electron chi connectivity index (χ4n) is 3.32. The minimum absolute atomic E-state index is 0.0779. The lowest BCUT2D eigenvalue weighted by atomic mass is 10.3. The molecule has 9 heteroatoms. The molecular weight excluding hydrogens is 390 g/mol. The van der Waals surface area contributed by atoms with Gasteiger partial charge in [0.05, 0.1) is 15.9 Å². The minimum Gasteiger partial charge on any atom is -0.324 e. The summed E-state index contributed by atoms with van der Waals surface area (Å²) in [6.07, 6.45) is 1.46. The highest BCUT2D eigenvalue weighted by atomic mass is 32.2. The van der Waals surface area contributed by atoms with E-state index in [0.717, 1.165) is 23.3 Å². The van der Waals surface area contributed by atoms with Gasteiger partial charge in [0.25, 0.3) is 10.0 Å². The first-order valence-electron chi connectivity index (χ1n) is 9.30. The molecule has 0 spiro atoms. The third-order valence-electron chi connectivity index (χ3n) is 4.70. The third kappa shape index (κ3) is 4.14. The maximum absolute atomic E-state index is 12.6. The molecule has 0 atom stereocenters. The van der Waals surface area contributed by atoms with Crippen LogP contribution in [0.4, 0.5) is 5.69 Å². The number of hydrogen-bond donors (Lipinski definition) is 2. The van der Waals surface area contributed by atoms with Crippen LogP contribution < -0.4 is 10.0 Å². The van der Waals surface area contributed by atoms with E-state index < -0.39 is 10.0 Å². The molecule has 29 heavy (non-hydrogen) atoms. The SMILES string of the molecule is Cc1nc2ccccc2n1CC(=O)Nc1cccc(S(=O)(=O)NC2=NCCC2)c1. The van der Waals surface area contributed by atoms with Gasteiger partial charge in [0.2, 0.25) is 5.91 Å². The van der Waals surface area contributed by atoms with Crippen LogP contribution in [0.25, 0.3) is 11.0 Å². The normalized spacial score (nSPS) is 14.0. The molecule has 0 radical (unpaired) electrons. The second-order valence-corrected chi connectivity index (χ2v) is 8.53. The van der Waals surface area contributed by atoms with Crippen LogP contribution in [0.15, 0.2) is 58.4 Å². The van der Waals surface area contributed by atoms with Gasteiger partial charge in [0.15, 0.2) is 0 Å². The molecule has 0 saturated heterocycles. The van der Waals surface area contributed by atoms with E-state index in [1.165, 1.54) is 12.1 Å². The highest BCUT2D eigenvalue weighted by Gasteiger charge is 2.19. The quantitative estimate of drug-likeness (QED) is 0.673. The number of carbonyl (C=O) groups is 1. The zero-order chi connectivity index (χ0) is 20.4. The molecule has 1 aliphatic rings. The average Bonchev–Trinajstić information content (AvgIpc) is 3.29. The Morgan fingerprint density at radius 2 is 2.00 bits per heavy atom. The van der Waals surface area contributed by atoms with Crippen molar-refractivity contribution in [1.29, 1.82) is 0 Å². The van der Waals surface area contributed by atoms with Gasteiger partial charge in [0, 0.05) is 18.7 Å². The number of benzene rings is 2. The maximum Gasteiger partial charge on any atom is 0.262 e. The summed E-state index contributed by atoms with van der Waals surface area (Å²) in [6, 6.07) is 13.8. The van der Waals surface area contributed by atoms with E-state index >= 15 is 0 Å². The number of aryl methyl sites for hydroxylation is 1. The van der Waals surface area contributed by atoms with Crippen molar-refractivity contribution in [2.75, 3.05) is 11.9 Å². The standard InChI is InChI=1S/C20H21N5O3S/c1-14-22-17-8-2-3-9-18(17)25(14)13-20(26)23-15-6-4-7-16(12-15)29(27,28)24-19-10-5-11-21-19/h2-4,6-9,12H,5,10-11,13H2,1H3,(H,21,24)(H,23,26). The summed E-state index contributed by atoms with van der Waals surface area (Å²) in [5.41, 5.74) is 2.11. The Morgan fingerprint density at radius 3 is 2.79 bits per heavy atom. The first-order valence-corrected chi connectivity index (χ1v) is 10.8. The molecule has 2 N–H and O–H groups in total. The molecule has 1 aliphatic heterocycles. The number of rotatable bonds is 5. The molecule has 150 valence electrons. The number of amides is 1. The summed E-state index contributed by atoms with van der Waals surface area (Å²) in [6.45, 7) is 2.56. The van der Waals surface area contributed by atoms with Crippen LogP contribution in [0.3, 0.4) is 0 Å². The van der Waals surface area contributed by atoms with E-state index in [1.54, 1.807) is 12.1 Å². The number of aliphatic imine (C=N–C) groups is 1. The van der Waals surface area contributed by atoms with Gasteiger partial charge >= 0.3 is 0 Å². The van der Waals surface area contributed by atoms with Crippen molar-refractivity contribution >= 4 is 38.5 Å². The number of carbonyl (C=O) groups excluding carboxylic acids is 1. The lowest BCUT2D eigenvalue weighted by molar-refractivity contribution is -0.116. The number of amidine groups is 1. The Morgan fingerprint density at radius 1 is 1.17 bits per heavy atom. The van der Waals surface area contributed by atoms with Gasteiger partial charge in [-0.05, 0) is 43.7 Å². The van der Waals surface area contributed by atoms with Crippen molar-refractivity contribution < 1.29 is 13.2 Å². The first-order chi connectivity index (χ1) is 13.9. The molecular formula is C20H21N5O3S.